The monoisotopic (exact) mass is 348 g/mol. The van der Waals surface area contributed by atoms with E-state index in [-0.39, 0.29) is 17.8 Å². The highest BCUT2D eigenvalue weighted by Crippen LogP contribution is 2.36. The highest BCUT2D eigenvalue weighted by atomic mass is 79.9. The fourth-order valence-corrected chi connectivity index (χ4v) is 3.08. The molecule has 1 aliphatic heterocycles. The third kappa shape index (κ3) is 2.99. The lowest BCUT2D eigenvalue weighted by Crippen LogP contribution is -2.29. The van der Waals surface area contributed by atoms with Crippen LogP contribution in [-0.2, 0) is 11.2 Å². The fourth-order valence-electron chi connectivity index (χ4n) is 2.48. The smallest absolute Gasteiger partial charge is 0.246 e. The molecule has 3 rings (SSSR count). The van der Waals surface area contributed by atoms with E-state index in [9.17, 15) is 9.18 Å². The van der Waals surface area contributed by atoms with Crippen molar-refractivity contribution < 1.29 is 9.18 Å². The summed E-state index contributed by atoms with van der Waals surface area (Å²) in [6.45, 7) is 0.643. The molecule has 0 bridgehead atoms. The number of rotatable bonds is 4. The highest BCUT2D eigenvalue weighted by molar-refractivity contribution is 9.10. The number of halogens is 2. The zero-order valence-corrected chi connectivity index (χ0v) is 12.8. The summed E-state index contributed by atoms with van der Waals surface area (Å²) < 4.78 is 13.8. The Balaban J connectivity index is 1.66. The van der Waals surface area contributed by atoms with Gasteiger partial charge in [-0.3, -0.25) is 4.79 Å². The maximum Gasteiger partial charge on any atom is 0.246 e. The van der Waals surface area contributed by atoms with Crippen LogP contribution in [0.2, 0.25) is 0 Å². The maximum absolute atomic E-state index is 12.8. The first-order valence-corrected chi connectivity index (χ1v) is 7.51. The summed E-state index contributed by atoms with van der Waals surface area (Å²) in [6, 6.07) is 11.8. The summed E-state index contributed by atoms with van der Waals surface area (Å²) in [7, 11) is 0. The van der Waals surface area contributed by atoms with Gasteiger partial charge in [0.1, 0.15) is 11.9 Å². The molecule has 1 heterocycles. The Hall–Kier alpha value is -1.72. The van der Waals surface area contributed by atoms with Gasteiger partial charge in [-0.25, -0.2) is 4.39 Å². The molecule has 0 radical (unpaired) electrons. The quantitative estimate of drug-likeness (QED) is 0.888. The van der Waals surface area contributed by atoms with Gasteiger partial charge in [0.2, 0.25) is 5.91 Å². The van der Waals surface area contributed by atoms with Crippen molar-refractivity contribution in [2.45, 2.75) is 12.5 Å². The Morgan fingerprint density at radius 1 is 1.19 bits per heavy atom. The predicted octanol–water partition coefficient (Wildman–Crippen LogP) is 3.41. The molecule has 2 N–H and O–H groups in total. The van der Waals surface area contributed by atoms with Crippen molar-refractivity contribution in [2.24, 2.45) is 0 Å². The minimum Gasteiger partial charge on any atom is -0.324 e. The molecule has 108 valence electrons. The van der Waals surface area contributed by atoms with E-state index in [1.807, 2.05) is 18.2 Å². The molecule has 1 aliphatic rings. The summed E-state index contributed by atoms with van der Waals surface area (Å²) in [6.07, 6.45) is 0.740. The van der Waals surface area contributed by atoms with Crippen molar-refractivity contribution >= 4 is 27.5 Å². The lowest BCUT2D eigenvalue weighted by atomic mass is 10.1. The van der Waals surface area contributed by atoms with E-state index in [2.05, 4.69) is 26.6 Å². The minimum absolute atomic E-state index is 0.0454. The zero-order valence-electron chi connectivity index (χ0n) is 11.2. The number of carbonyl (C=O) groups excluding carboxylic acids is 1. The topological polar surface area (TPSA) is 41.1 Å². The van der Waals surface area contributed by atoms with Gasteiger partial charge in [0.15, 0.2) is 0 Å². The largest absolute Gasteiger partial charge is 0.324 e. The highest BCUT2D eigenvalue weighted by Gasteiger charge is 2.31. The summed E-state index contributed by atoms with van der Waals surface area (Å²) in [4.78, 5) is 12.0. The van der Waals surface area contributed by atoms with Gasteiger partial charge in [-0.05, 0) is 36.2 Å². The molecule has 3 nitrogen and oxygen atoms in total. The molecule has 0 aromatic heterocycles. The van der Waals surface area contributed by atoms with Crippen molar-refractivity contribution in [3.63, 3.8) is 0 Å². The maximum atomic E-state index is 12.8. The number of benzene rings is 2. The first kappa shape index (κ1) is 14.2. The van der Waals surface area contributed by atoms with Crippen molar-refractivity contribution in [3.8, 4) is 0 Å². The van der Waals surface area contributed by atoms with Crippen LogP contribution in [-0.4, -0.2) is 12.5 Å². The van der Waals surface area contributed by atoms with Crippen molar-refractivity contribution in [3.05, 3.63) is 63.9 Å². The van der Waals surface area contributed by atoms with Crippen LogP contribution in [0.4, 0.5) is 10.1 Å². The Kier molecular flexibility index (Phi) is 4.03. The average molecular weight is 349 g/mol. The molecular weight excluding hydrogens is 335 g/mol. The van der Waals surface area contributed by atoms with Gasteiger partial charge in [-0.2, -0.15) is 0 Å². The number of fused-ring (bicyclic) bond motifs is 1. The van der Waals surface area contributed by atoms with Crippen LogP contribution in [0.25, 0.3) is 0 Å². The minimum atomic E-state index is -0.351. The number of anilines is 1. The molecule has 2 aromatic rings. The normalized spacial score (nSPS) is 16.7. The van der Waals surface area contributed by atoms with Crippen molar-refractivity contribution in [1.82, 2.24) is 5.32 Å². The van der Waals surface area contributed by atoms with Crippen molar-refractivity contribution in [2.75, 3.05) is 11.9 Å². The number of hydrogen-bond acceptors (Lipinski definition) is 2. The summed E-state index contributed by atoms with van der Waals surface area (Å²) in [5, 5.41) is 6.12. The first-order valence-electron chi connectivity index (χ1n) is 6.72. The van der Waals surface area contributed by atoms with Crippen LogP contribution in [0.3, 0.4) is 0 Å². The standard InChI is InChI=1S/C16H14BrFN2O/c17-12-2-1-3-13-14(12)15(16(21)20-13)19-9-8-10-4-6-11(18)7-5-10/h1-7,15,19H,8-9H2,(H,20,21). The molecule has 0 fully saturated rings. The summed E-state index contributed by atoms with van der Waals surface area (Å²) in [5.41, 5.74) is 2.82. The van der Waals surface area contributed by atoms with Crippen LogP contribution in [0.5, 0.6) is 0 Å². The summed E-state index contributed by atoms with van der Waals surface area (Å²) in [5.74, 6) is -0.282. The van der Waals surface area contributed by atoms with Gasteiger partial charge in [-0.1, -0.05) is 34.1 Å². The van der Waals surface area contributed by atoms with E-state index in [0.717, 1.165) is 27.7 Å². The van der Waals surface area contributed by atoms with Gasteiger partial charge in [-0.15, -0.1) is 0 Å². The molecule has 0 aliphatic carbocycles. The Labute approximate surface area is 130 Å². The number of amides is 1. The molecule has 2 aromatic carbocycles. The van der Waals surface area contributed by atoms with Gasteiger partial charge < -0.3 is 10.6 Å². The predicted molar refractivity (Wildman–Crippen MR) is 83.6 cm³/mol. The molecule has 5 heteroatoms. The fraction of sp³-hybridized carbons (Fsp3) is 0.188. The van der Waals surface area contributed by atoms with Crippen molar-refractivity contribution in [1.29, 1.82) is 0 Å². The zero-order chi connectivity index (χ0) is 14.8. The van der Waals surface area contributed by atoms with Gasteiger partial charge in [0, 0.05) is 22.3 Å². The Bertz CT molecular complexity index is 672. The Morgan fingerprint density at radius 2 is 1.95 bits per heavy atom. The second-order valence-corrected chi connectivity index (χ2v) is 5.81. The molecule has 1 atom stereocenters. The number of hydrogen-bond donors (Lipinski definition) is 2. The van der Waals surface area contributed by atoms with Crippen LogP contribution >= 0.6 is 15.9 Å². The van der Waals surface area contributed by atoms with Crippen LogP contribution in [0, 0.1) is 5.82 Å². The summed E-state index contributed by atoms with van der Waals surface area (Å²) >= 11 is 3.49. The second kappa shape index (κ2) is 5.95. The molecule has 0 saturated heterocycles. The van der Waals surface area contributed by atoms with Crippen LogP contribution < -0.4 is 10.6 Å². The van der Waals surface area contributed by atoms with E-state index >= 15 is 0 Å². The lowest BCUT2D eigenvalue weighted by Gasteiger charge is -2.12. The Morgan fingerprint density at radius 3 is 2.71 bits per heavy atom. The first-order chi connectivity index (χ1) is 10.1. The lowest BCUT2D eigenvalue weighted by molar-refractivity contribution is -0.117. The molecular formula is C16H14BrFN2O. The van der Waals surface area contributed by atoms with E-state index in [1.54, 1.807) is 12.1 Å². The third-order valence-corrected chi connectivity index (χ3v) is 4.23. The van der Waals surface area contributed by atoms with E-state index in [0.29, 0.717) is 6.54 Å². The number of nitrogens with one attached hydrogen (secondary N) is 2. The second-order valence-electron chi connectivity index (χ2n) is 4.95. The van der Waals surface area contributed by atoms with E-state index in [1.165, 1.54) is 12.1 Å². The van der Waals surface area contributed by atoms with E-state index in [4.69, 9.17) is 0 Å². The molecule has 1 unspecified atom stereocenters. The molecule has 0 saturated carbocycles. The molecule has 1 amide bonds. The van der Waals surface area contributed by atoms with Gasteiger partial charge >= 0.3 is 0 Å². The van der Waals surface area contributed by atoms with E-state index < -0.39 is 0 Å². The van der Waals surface area contributed by atoms with Crippen LogP contribution in [0.1, 0.15) is 17.2 Å². The SMILES string of the molecule is O=C1Nc2cccc(Br)c2C1NCCc1ccc(F)cc1. The van der Waals surface area contributed by atoms with Crippen LogP contribution in [0.15, 0.2) is 46.9 Å². The third-order valence-electron chi connectivity index (χ3n) is 3.54. The number of carbonyl (C=O) groups is 1. The molecule has 0 spiro atoms. The molecule has 21 heavy (non-hydrogen) atoms. The van der Waals surface area contributed by atoms with Gasteiger partial charge in [0.05, 0.1) is 0 Å². The average Bonchev–Trinajstić information content (AvgIpc) is 2.79. The van der Waals surface area contributed by atoms with Gasteiger partial charge in [0.25, 0.3) is 0 Å².